The minimum Gasteiger partial charge on any atom is -0.497 e. The van der Waals surface area contributed by atoms with E-state index < -0.39 is 0 Å². The summed E-state index contributed by atoms with van der Waals surface area (Å²) in [6.07, 6.45) is 0. The Labute approximate surface area is 159 Å². The van der Waals surface area contributed by atoms with E-state index in [0.717, 1.165) is 17.0 Å². The summed E-state index contributed by atoms with van der Waals surface area (Å²) in [4.78, 5) is 4.39. The van der Waals surface area contributed by atoms with Gasteiger partial charge in [-0.2, -0.15) is 0 Å². The predicted molar refractivity (Wildman–Crippen MR) is 108 cm³/mol. The van der Waals surface area contributed by atoms with Crippen molar-refractivity contribution < 1.29 is 9.13 Å². The third kappa shape index (κ3) is 5.67. The molecule has 0 aliphatic heterocycles. The number of halogens is 2. The minimum absolute atomic E-state index is 0. The number of guanidine groups is 1. The Morgan fingerprint density at radius 2 is 1.71 bits per heavy atom. The highest BCUT2D eigenvalue weighted by atomic mass is 127. The largest absolute Gasteiger partial charge is 0.497 e. The van der Waals surface area contributed by atoms with Gasteiger partial charge in [-0.3, -0.25) is 4.99 Å². The molecule has 0 heterocycles. The van der Waals surface area contributed by atoms with Gasteiger partial charge in [0.25, 0.3) is 0 Å². The van der Waals surface area contributed by atoms with Crippen LogP contribution in [0.3, 0.4) is 0 Å². The van der Waals surface area contributed by atoms with Gasteiger partial charge in [-0.15, -0.1) is 24.0 Å². The minimum atomic E-state index is -0.242. The van der Waals surface area contributed by atoms with E-state index in [9.17, 15) is 4.39 Å². The lowest BCUT2D eigenvalue weighted by molar-refractivity contribution is 0.415. The number of nitrogens with two attached hydrogens (primary N) is 1. The lowest BCUT2D eigenvalue weighted by Crippen LogP contribution is -2.27. The van der Waals surface area contributed by atoms with E-state index in [4.69, 9.17) is 10.5 Å². The van der Waals surface area contributed by atoms with Gasteiger partial charge in [0.2, 0.25) is 0 Å². The average Bonchev–Trinajstić information content (AvgIpc) is 2.54. The molecule has 4 nitrogen and oxygen atoms in total. The van der Waals surface area contributed by atoms with Crippen molar-refractivity contribution in [3.63, 3.8) is 0 Å². The van der Waals surface area contributed by atoms with E-state index in [1.54, 1.807) is 19.2 Å². The van der Waals surface area contributed by atoms with Crippen LogP contribution in [-0.4, -0.2) is 19.6 Å². The summed E-state index contributed by atoms with van der Waals surface area (Å²) in [5, 5.41) is 3.04. The van der Waals surface area contributed by atoms with Crippen LogP contribution in [0.5, 0.6) is 5.75 Å². The van der Waals surface area contributed by atoms with Gasteiger partial charge in [-0.1, -0.05) is 26.0 Å². The first kappa shape index (κ1) is 20.2. The molecular formula is C18H23FIN3O. The molecule has 3 N–H and O–H groups in total. The van der Waals surface area contributed by atoms with Crippen molar-refractivity contribution in [2.45, 2.75) is 19.3 Å². The lowest BCUT2D eigenvalue weighted by Gasteiger charge is -2.23. The van der Waals surface area contributed by atoms with Crippen LogP contribution in [0.25, 0.3) is 0 Å². The summed E-state index contributed by atoms with van der Waals surface area (Å²) >= 11 is 0. The van der Waals surface area contributed by atoms with Gasteiger partial charge in [0, 0.05) is 11.1 Å². The van der Waals surface area contributed by atoms with Crippen LogP contribution in [0.4, 0.5) is 10.1 Å². The molecule has 24 heavy (non-hydrogen) atoms. The van der Waals surface area contributed by atoms with Crippen molar-refractivity contribution >= 4 is 35.6 Å². The highest BCUT2D eigenvalue weighted by Crippen LogP contribution is 2.23. The molecular weight excluding hydrogens is 420 g/mol. The van der Waals surface area contributed by atoms with Crippen LogP contribution in [0.2, 0.25) is 0 Å². The number of methoxy groups -OCH3 is 1. The van der Waals surface area contributed by atoms with Gasteiger partial charge >= 0.3 is 0 Å². The van der Waals surface area contributed by atoms with Gasteiger partial charge in [0.05, 0.1) is 13.7 Å². The van der Waals surface area contributed by atoms with Gasteiger partial charge in [-0.05, 0) is 42.0 Å². The van der Waals surface area contributed by atoms with Crippen molar-refractivity contribution in [2.24, 2.45) is 10.7 Å². The predicted octanol–water partition coefficient (Wildman–Crippen LogP) is 4.16. The summed E-state index contributed by atoms with van der Waals surface area (Å²) in [7, 11) is 1.62. The lowest BCUT2D eigenvalue weighted by atomic mass is 9.85. The van der Waals surface area contributed by atoms with E-state index in [1.807, 2.05) is 38.1 Å². The number of rotatable bonds is 5. The SMILES string of the molecule is COc1ccc(NC(N)=NCC(C)(C)c2ccc(F)cc2)cc1.I. The number of aliphatic imine (C=N–C) groups is 1. The second kappa shape index (κ2) is 8.86. The number of ether oxygens (including phenoxy) is 1. The molecule has 0 bridgehead atoms. The van der Waals surface area contributed by atoms with Crippen molar-refractivity contribution in [2.75, 3.05) is 19.0 Å². The molecule has 0 aliphatic rings. The van der Waals surface area contributed by atoms with Crippen molar-refractivity contribution in [1.82, 2.24) is 0 Å². The summed E-state index contributed by atoms with van der Waals surface area (Å²) in [6.45, 7) is 4.59. The molecule has 0 aliphatic carbocycles. The zero-order valence-electron chi connectivity index (χ0n) is 14.0. The van der Waals surface area contributed by atoms with Gasteiger partial charge < -0.3 is 15.8 Å². The molecule has 0 fully saturated rings. The Bertz CT molecular complexity index is 670. The second-order valence-electron chi connectivity index (χ2n) is 5.95. The van der Waals surface area contributed by atoms with E-state index in [-0.39, 0.29) is 35.2 Å². The van der Waals surface area contributed by atoms with Gasteiger partial charge in [0.15, 0.2) is 5.96 Å². The number of nitrogens with one attached hydrogen (secondary N) is 1. The number of hydrogen-bond donors (Lipinski definition) is 2. The standard InChI is InChI=1S/C18H22FN3O.HI/c1-18(2,13-4-6-14(19)7-5-13)12-21-17(20)22-15-8-10-16(23-3)11-9-15;/h4-11H,12H2,1-3H3,(H3,20,21,22);1H. The molecule has 0 unspecified atom stereocenters. The molecule has 6 heteroatoms. The Morgan fingerprint density at radius 3 is 2.25 bits per heavy atom. The first-order valence-electron chi connectivity index (χ1n) is 7.38. The number of benzene rings is 2. The number of nitrogens with zero attached hydrogens (tertiary/aromatic N) is 1. The fourth-order valence-corrected chi connectivity index (χ4v) is 2.14. The number of anilines is 1. The monoisotopic (exact) mass is 443 g/mol. The van der Waals surface area contributed by atoms with Crippen molar-refractivity contribution in [1.29, 1.82) is 0 Å². The molecule has 0 radical (unpaired) electrons. The highest BCUT2D eigenvalue weighted by Gasteiger charge is 2.20. The Balaban J connectivity index is 0.00000288. The van der Waals surface area contributed by atoms with E-state index in [1.165, 1.54) is 12.1 Å². The normalized spacial score (nSPS) is 11.6. The summed E-state index contributed by atoms with van der Waals surface area (Å²) in [5.74, 6) is 0.877. The zero-order valence-corrected chi connectivity index (χ0v) is 16.4. The zero-order chi connectivity index (χ0) is 16.9. The summed E-state index contributed by atoms with van der Waals surface area (Å²) < 4.78 is 18.1. The highest BCUT2D eigenvalue weighted by molar-refractivity contribution is 14.0. The summed E-state index contributed by atoms with van der Waals surface area (Å²) in [5.41, 5.74) is 7.55. The maximum atomic E-state index is 13.0. The maximum Gasteiger partial charge on any atom is 0.193 e. The van der Waals surface area contributed by atoms with Crippen LogP contribution in [0, 0.1) is 5.82 Å². The van der Waals surface area contributed by atoms with Crippen LogP contribution < -0.4 is 15.8 Å². The maximum absolute atomic E-state index is 13.0. The Hall–Kier alpha value is -1.83. The van der Waals surface area contributed by atoms with Crippen LogP contribution in [0.15, 0.2) is 53.5 Å². The van der Waals surface area contributed by atoms with E-state index in [0.29, 0.717) is 12.5 Å². The summed E-state index contributed by atoms with van der Waals surface area (Å²) in [6, 6.07) is 13.9. The van der Waals surface area contributed by atoms with Crippen molar-refractivity contribution in [3.8, 4) is 5.75 Å². The molecule has 0 aromatic heterocycles. The molecule has 2 aromatic carbocycles. The fraction of sp³-hybridized carbons (Fsp3) is 0.278. The molecule has 0 amide bonds. The van der Waals surface area contributed by atoms with E-state index >= 15 is 0 Å². The Kier molecular flexibility index (Phi) is 7.47. The Morgan fingerprint density at radius 1 is 1.12 bits per heavy atom. The quantitative estimate of drug-likeness (QED) is 0.415. The number of hydrogen-bond acceptors (Lipinski definition) is 2. The van der Waals surface area contributed by atoms with Crippen molar-refractivity contribution in [3.05, 3.63) is 59.9 Å². The molecule has 2 aromatic rings. The average molecular weight is 443 g/mol. The molecule has 0 saturated heterocycles. The molecule has 0 spiro atoms. The van der Waals surface area contributed by atoms with Crippen LogP contribution in [0.1, 0.15) is 19.4 Å². The first-order chi connectivity index (χ1) is 10.9. The smallest absolute Gasteiger partial charge is 0.193 e. The van der Waals surface area contributed by atoms with Crippen LogP contribution >= 0.6 is 24.0 Å². The van der Waals surface area contributed by atoms with Gasteiger partial charge in [0.1, 0.15) is 11.6 Å². The second-order valence-corrected chi connectivity index (χ2v) is 5.95. The third-order valence-electron chi connectivity index (χ3n) is 3.63. The molecule has 2 rings (SSSR count). The molecule has 0 atom stereocenters. The first-order valence-corrected chi connectivity index (χ1v) is 7.38. The van der Waals surface area contributed by atoms with E-state index in [2.05, 4.69) is 10.3 Å². The van der Waals surface area contributed by atoms with Crippen LogP contribution in [-0.2, 0) is 5.41 Å². The third-order valence-corrected chi connectivity index (χ3v) is 3.63. The topological polar surface area (TPSA) is 59.6 Å². The fourth-order valence-electron chi connectivity index (χ4n) is 2.14. The molecule has 130 valence electrons. The van der Waals surface area contributed by atoms with Gasteiger partial charge in [-0.25, -0.2) is 4.39 Å². The molecule has 0 saturated carbocycles.